The lowest BCUT2D eigenvalue weighted by molar-refractivity contribution is 0.396. The maximum atomic E-state index is 9.76. The number of benzene rings is 1. The van der Waals surface area contributed by atoms with E-state index < -0.39 is 0 Å². The lowest BCUT2D eigenvalue weighted by atomic mass is 9.76. The van der Waals surface area contributed by atoms with E-state index in [-0.39, 0.29) is 21.9 Å². The molecule has 1 aliphatic rings. The van der Waals surface area contributed by atoms with Gasteiger partial charge in [0.2, 0.25) is 0 Å². The summed E-state index contributed by atoms with van der Waals surface area (Å²) in [5.74, 6) is -0.395. The molecule has 1 aromatic carbocycles. The van der Waals surface area contributed by atoms with Gasteiger partial charge in [0, 0.05) is 12.0 Å². The van der Waals surface area contributed by atoms with Gasteiger partial charge in [-0.25, -0.2) is 0 Å². The molecule has 0 aliphatic heterocycles. The van der Waals surface area contributed by atoms with Gasteiger partial charge in [0.25, 0.3) is 0 Å². The highest BCUT2D eigenvalue weighted by atomic mass is 35.5. The lowest BCUT2D eigenvalue weighted by Gasteiger charge is -2.31. The van der Waals surface area contributed by atoms with Crippen molar-refractivity contribution in [3.63, 3.8) is 0 Å². The number of phenolic OH excluding ortho intramolecular Hbond substituents is 2. The molecule has 17 heavy (non-hydrogen) atoms. The van der Waals surface area contributed by atoms with Crippen LogP contribution in [0.1, 0.15) is 36.8 Å². The van der Waals surface area contributed by atoms with E-state index in [1.54, 1.807) is 6.07 Å². The standard InChI is InChI=1S/C13H18ClNO2/c1-8-6-9(16)12(17)11(14)10(8)13(7-15)4-2-3-5-13/h6,16-17H,2-5,7,15H2,1H3. The maximum Gasteiger partial charge on any atom is 0.176 e. The zero-order valence-corrected chi connectivity index (χ0v) is 10.7. The van der Waals surface area contributed by atoms with Gasteiger partial charge in [-0.2, -0.15) is 0 Å². The number of halogens is 1. The summed E-state index contributed by atoms with van der Waals surface area (Å²) < 4.78 is 0. The minimum atomic E-state index is -0.230. The Morgan fingerprint density at radius 1 is 1.35 bits per heavy atom. The summed E-state index contributed by atoms with van der Waals surface area (Å²) in [6.45, 7) is 2.42. The van der Waals surface area contributed by atoms with Gasteiger partial charge in [0.1, 0.15) is 0 Å². The first-order chi connectivity index (χ1) is 8.02. The molecule has 1 fully saturated rings. The first-order valence-corrected chi connectivity index (χ1v) is 6.31. The zero-order chi connectivity index (χ0) is 12.6. The van der Waals surface area contributed by atoms with E-state index in [0.717, 1.165) is 36.8 Å². The monoisotopic (exact) mass is 255 g/mol. The Balaban J connectivity index is 2.62. The summed E-state index contributed by atoms with van der Waals surface area (Å²) in [4.78, 5) is 0. The van der Waals surface area contributed by atoms with Crippen LogP contribution in [-0.4, -0.2) is 16.8 Å². The fourth-order valence-corrected chi connectivity index (χ4v) is 3.45. The summed E-state index contributed by atoms with van der Waals surface area (Å²) in [7, 11) is 0. The average molecular weight is 256 g/mol. The molecular weight excluding hydrogens is 238 g/mol. The highest BCUT2D eigenvalue weighted by Gasteiger charge is 2.38. The van der Waals surface area contributed by atoms with Crippen LogP contribution in [0.3, 0.4) is 0 Å². The molecule has 0 radical (unpaired) electrons. The van der Waals surface area contributed by atoms with Crippen LogP contribution in [0.15, 0.2) is 6.07 Å². The van der Waals surface area contributed by atoms with E-state index in [4.69, 9.17) is 17.3 Å². The Morgan fingerprint density at radius 3 is 2.47 bits per heavy atom. The van der Waals surface area contributed by atoms with Crippen molar-refractivity contribution in [1.29, 1.82) is 0 Å². The second-order valence-corrected chi connectivity index (χ2v) is 5.32. The molecule has 0 bridgehead atoms. The topological polar surface area (TPSA) is 66.5 Å². The van der Waals surface area contributed by atoms with E-state index >= 15 is 0 Å². The first kappa shape index (κ1) is 12.5. The van der Waals surface area contributed by atoms with Gasteiger partial charge in [-0.3, -0.25) is 0 Å². The molecule has 1 aromatic rings. The quantitative estimate of drug-likeness (QED) is 0.712. The smallest absolute Gasteiger partial charge is 0.176 e. The highest BCUT2D eigenvalue weighted by molar-refractivity contribution is 6.33. The van der Waals surface area contributed by atoms with Crippen molar-refractivity contribution in [2.45, 2.75) is 38.0 Å². The molecule has 4 N–H and O–H groups in total. The molecule has 0 saturated heterocycles. The Morgan fingerprint density at radius 2 is 1.94 bits per heavy atom. The van der Waals surface area contributed by atoms with E-state index in [0.29, 0.717) is 6.54 Å². The van der Waals surface area contributed by atoms with Crippen LogP contribution in [0, 0.1) is 6.92 Å². The molecule has 0 unspecified atom stereocenters. The van der Waals surface area contributed by atoms with E-state index in [1.807, 2.05) is 6.92 Å². The van der Waals surface area contributed by atoms with Crippen molar-refractivity contribution in [2.24, 2.45) is 5.73 Å². The van der Waals surface area contributed by atoms with Gasteiger partial charge >= 0.3 is 0 Å². The molecule has 2 rings (SSSR count). The molecule has 94 valence electrons. The molecule has 1 aliphatic carbocycles. The summed E-state index contributed by atoms with van der Waals surface area (Å²) in [6, 6.07) is 1.56. The highest BCUT2D eigenvalue weighted by Crippen LogP contribution is 2.49. The van der Waals surface area contributed by atoms with Crippen LogP contribution in [0.2, 0.25) is 5.02 Å². The second-order valence-electron chi connectivity index (χ2n) is 4.94. The number of aromatic hydroxyl groups is 2. The van der Waals surface area contributed by atoms with E-state index in [9.17, 15) is 10.2 Å². The van der Waals surface area contributed by atoms with Gasteiger partial charge in [-0.05, 0) is 37.0 Å². The summed E-state index contributed by atoms with van der Waals surface area (Å²) in [6.07, 6.45) is 4.26. The Hall–Kier alpha value is -0.930. The third-order valence-corrected chi connectivity index (χ3v) is 4.27. The zero-order valence-electron chi connectivity index (χ0n) is 9.96. The molecule has 0 amide bonds. The molecule has 0 spiro atoms. The molecule has 4 heteroatoms. The largest absolute Gasteiger partial charge is 0.504 e. The first-order valence-electron chi connectivity index (χ1n) is 5.93. The van der Waals surface area contributed by atoms with Crippen molar-refractivity contribution >= 4 is 11.6 Å². The summed E-state index contributed by atoms with van der Waals surface area (Å²) in [5.41, 5.74) is 7.60. The van der Waals surface area contributed by atoms with Crippen LogP contribution in [0.5, 0.6) is 11.5 Å². The van der Waals surface area contributed by atoms with Gasteiger partial charge in [0.05, 0.1) is 5.02 Å². The molecule has 0 heterocycles. The number of rotatable bonds is 2. The Bertz CT molecular complexity index is 440. The number of hydrogen-bond donors (Lipinski definition) is 3. The van der Waals surface area contributed by atoms with Crippen molar-refractivity contribution in [2.75, 3.05) is 6.54 Å². The normalized spacial score (nSPS) is 18.5. The minimum Gasteiger partial charge on any atom is -0.504 e. The molecule has 0 atom stereocenters. The molecule has 1 saturated carbocycles. The fraction of sp³-hybridized carbons (Fsp3) is 0.538. The Labute approximate surface area is 106 Å². The SMILES string of the molecule is Cc1cc(O)c(O)c(Cl)c1C1(CN)CCCC1. The number of nitrogens with two attached hydrogens (primary N) is 1. The predicted molar refractivity (Wildman–Crippen MR) is 68.7 cm³/mol. The van der Waals surface area contributed by atoms with Crippen molar-refractivity contribution in [1.82, 2.24) is 0 Å². The number of aryl methyl sites for hydroxylation is 1. The van der Waals surface area contributed by atoms with Gasteiger partial charge in [0.15, 0.2) is 11.5 Å². The molecular formula is C13H18ClNO2. The molecule has 3 nitrogen and oxygen atoms in total. The van der Waals surface area contributed by atoms with Crippen molar-refractivity contribution < 1.29 is 10.2 Å². The minimum absolute atomic E-state index is 0.133. The Kier molecular flexibility index (Phi) is 3.23. The number of phenols is 2. The van der Waals surface area contributed by atoms with E-state index in [2.05, 4.69) is 0 Å². The van der Waals surface area contributed by atoms with Crippen LogP contribution >= 0.6 is 11.6 Å². The fourth-order valence-electron chi connectivity index (χ4n) is 3.01. The number of hydrogen-bond acceptors (Lipinski definition) is 3. The van der Waals surface area contributed by atoms with Crippen LogP contribution in [0.4, 0.5) is 0 Å². The van der Waals surface area contributed by atoms with Gasteiger partial charge in [-0.15, -0.1) is 0 Å². The predicted octanol–water partition coefficient (Wildman–Crippen LogP) is 2.83. The maximum absolute atomic E-state index is 9.76. The third kappa shape index (κ3) is 1.87. The van der Waals surface area contributed by atoms with E-state index in [1.165, 1.54) is 0 Å². The van der Waals surface area contributed by atoms with Gasteiger partial charge in [-0.1, -0.05) is 24.4 Å². The van der Waals surface area contributed by atoms with Crippen LogP contribution in [0.25, 0.3) is 0 Å². The average Bonchev–Trinajstić information content (AvgIpc) is 2.76. The summed E-state index contributed by atoms with van der Waals surface area (Å²) >= 11 is 6.19. The third-order valence-electron chi connectivity index (χ3n) is 3.90. The van der Waals surface area contributed by atoms with Crippen molar-refractivity contribution in [3.8, 4) is 11.5 Å². The molecule has 0 aromatic heterocycles. The second kappa shape index (κ2) is 4.39. The van der Waals surface area contributed by atoms with Gasteiger partial charge < -0.3 is 15.9 Å². The van der Waals surface area contributed by atoms with Crippen molar-refractivity contribution in [3.05, 3.63) is 22.2 Å². The summed E-state index contributed by atoms with van der Waals surface area (Å²) in [5, 5.41) is 19.6. The lowest BCUT2D eigenvalue weighted by Crippen LogP contribution is -2.33. The van der Waals surface area contributed by atoms with Crippen LogP contribution in [-0.2, 0) is 5.41 Å². The van der Waals surface area contributed by atoms with Crippen LogP contribution < -0.4 is 5.73 Å².